The molecular weight excluding hydrogens is 303 g/mol. The van der Waals surface area contributed by atoms with Crippen LogP contribution in [-0.2, 0) is 0 Å². The fourth-order valence-corrected chi connectivity index (χ4v) is 2.50. The third-order valence-electron chi connectivity index (χ3n) is 3.29. The molecule has 0 amide bonds. The van der Waals surface area contributed by atoms with Crippen molar-refractivity contribution in [2.24, 2.45) is 5.73 Å². The molecule has 0 fully saturated rings. The van der Waals surface area contributed by atoms with Crippen LogP contribution in [0.5, 0.6) is 0 Å². The first-order valence-electron chi connectivity index (χ1n) is 6.22. The summed E-state index contributed by atoms with van der Waals surface area (Å²) in [6.45, 7) is -0.158. The third-order valence-corrected chi connectivity index (χ3v) is 3.62. The Morgan fingerprint density at radius 1 is 1.10 bits per heavy atom. The number of nitrogens with two attached hydrogens (primary N) is 1. The van der Waals surface area contributed by atoms with E-state index < -0.39 is 29.5 Å². The van der Waals surface area contributed by atoms with Crippen LogP contribution in [-0.4, -0.2) is 11.7 Å². The molecule has 2 atom stereocenters. The zero-order valence-corrected chi connectivity index (χ0v) is 11.6. The minimum absolute atomic E-state index is 0.00530. The van der Waals surface area contributed by atoms with Gasteiger partial charge < -0.3 is 10.8 Å². The maximum Gasteiger partial charge on any atom is 0.130 e. The van der Waals surface area contributed by atoms with Gasteiger partial charge in [-0.25, -0.2) is 13.2 Å². The number of benzene rings is 2. The van der Waals surface area contributed by atoms with E-state index in [0.29, 0.717) is 6.07 Å². The molecular formula is C15H13ClF3NO. The second-order valence-corrected chi connectivity index (χ2v) is 5.00. The van der Waals surface area contributed by atoms with Gasteiger partial charge in [0.1, 0.15) is 17.5 Å². The smallest absolute Gasteiger partial charge is 0.130 e. The normalized spacial score (nSPS) is 14.0. The van der Waals surface area contributed by atoms with E-state index in [1.165, 1.54) is 18.2 Å². The van der Waals surface area contributed by atoms with E-state index in [2.05, 4.69) is 0 Å². The first kappa shape index (κ1) is 15.8. The molecule has 0 spiro atoms. The highest BCUT2D eigenvalue weighted by Gasteiger charge is 2.28. The quantitative estimate of drug-likeness (QED) is 0.906. The largest absolute Gasteiger partial charge is 0.388 e. The molecule has 0 heterocycles. The molecule has 0 aromatic heterocycles. The minimum Gasteiger partial charge on any atom is -0.388 e. The number of aliphatic hydroxyl groups is 1. The first-order chi connectivity index (χ1) is 9.95. The molecule has 6 heteroatoms. The SMILES string of the molecule is NCC(c1ccc(F)cc1F)C(O)c1c(F)cccc1Cl. The fourth-order valence-electron chi connectivity index (χ4n) is 2.22. The van der Waals surface area contributed by atoms with Gasteiger partial charge in [0.15, 0.2) is 0 Å². The zero-order chi connectivity index (χ0) is 15.6. The van der Waals surface area contributed by atoms with E-state index in [0.717, 1.165) is 12.1 Å². The number of hydrogen-bond donors (Lipinski definition) is 2. The molecule has 2 rings (SSSR count). The van der Waals surface area contributed by atoms with Crippen molar-refractivity contribution < 1.29 is 18.3 Å². The lowest BCUT2D eigenvalue weighted by Crippen LogP contribution is -2.22. The highest BCUT2D eigenvalue weighted by atomic mass is 35.5. The lowest BCUT2D eigenvalue weighted by atomic mass is 9.88. The summed E-state index contributed by atoms with van der Waals surface area (Å²) in [4.78, 5) is 0. The molecule has 0 saturated heterocycles. The topological polar surface area (TPSA) is 46.2 Å². The van der Waals surface area contributed by atoms with E-state index in [9.17, 15) is 18.3 Å². The molecule has 2 nitrogen and oxygen atoms in total. The summed E-state index contributed by atoms with van der Waals surface area (Å²) >= 11 is 5.88. The minimum atomic E-state index is -1.44. The Morgan fingerprint density at radius 3 is 2.38 bits per heavy atom. The van der Waals surface area contributed by atoms with Crippen molar-refractivity contribution in [2.45, 2.75) is 12.0 Å². The summed E-state index contributed by atoms with van der Waals surface area (Å²) in [7, 11) is 0. The fraction of sp³-hybridized carbons (Fsp3) is 0.200. The standard InChI is InChI=1S/C15H13ClF3NO/c16-11-2-1-3-12(18)14(11)15(21)10(7-20)9-5-4-8(17)6-13(9)19/h1-6,10,15,21H,7,20H2. The Hall–Kier alpha value is -1.56. The number of rotatable bonds is 4. The van der Waals surface area contributed by atoms with E-state index in [1.54, 1.807) is 0 Å². The predicted molar refractivity (Wildman–Crippen MR) is 74.5 cm³/mol. The molecule has 0 radical (unpaired) electrons. The van der Waals surface area contributed by atoms with Gasteiger partial charge >= 0.3 is 0 Å². The summed E-state index contributed by atoms with van der Waals surface area (Å²) in [6, 6.07) is 6.87. The molecule has 2 aromatic carbocycles. The molecule has 0 bridgehead atoms. The lowest BCUT2D eigenvalue weighted by molar-refractivity contribution is 0.141. The zero-order valence-electron chi connectivity index (χ0n) is 10.9. The number of aliphatic hydroxyl groups excluding tert-OH is 1. The molecule has 0 saturated carbocycles. The van der Waals surface area contributed by atoms with Crippen LogP contribution in [0.15, 0.2) is 36.4 Å². The van der Waals surface area contributed by atoms with Crippen LogP contribution in [0.1, 0.15) is 23.1 Å². The summed E-state index contributed by atoms with van der Waals surface area (Å²) in [5.41, 5.74) is 5.42. The van der Waals surface area contributed by atoms with Crippen LogP contribution in [0.2, 0.25) is 5.02 Å². The van der Waals surface area contributed by atoms with Gasteiger partial charge in [0.25, 0.3) is 0 Å². The van der Waals surface area contributed by atoms with Gasteiger partial charge in [-0.3, -0.25) is 0 Å². The van der Waals surface area contributed by atoms with Gasteiger partial charge in [0.2, 0.25) is 0 Å². The van der Waals surface area contributed by atoms with Crippen LogP contribution in [0.3, 0.4) is 0 Å². The average Bonchev–Trinajstić information content (AvgIpc) is 2.41. The van der Waals surface area contributed by atoms with Gasteiger partial charge in [0.05, 0.1) is 6.10 Å². The van der Waals surface area contributed by atoms with E-state index in [4.69, 9.17) is 17.3 Å². The van der Waals surface area contributed by atoms with Gasteiger partial charge in [-0.05, 0) is 23.8 Å². The third kappa shape index (κ3) is 3.20. The predicted octanol–water partition coefficient (Wildman–Crippen LogP) is 3.53. The molecule has 2 unspecified atom stereocenters. The second-order valence-electron chi connectivity index (χ2n) is 4.59. The van der Waals surface area contributed by atoms with Gasteiger partial charge in [-0.2, -0.15) is 0 Å². The molecule has 21 heavy (non-hydrogen) atoms. The Balaban J connectivity index is 2.46. The van der Waals surface area contributed by atoms with Crippen LogP contribution in [0.4, 0.5) is 13.2 Å². The molecule has 112 valence electrons. The van der Waals surface area contributed by atoms with Crippen molar-refractivity contribution in [1.82, 2.24) is 0 Å². The molecule has 0 aliphatic heterocycles. The summed E-state index contributed by atoms with van der Waals surface area (Å²) in [6.07, 6.45) is -1.44. The maximum atomic E-state index is 13.8. The lowest BCUT2D eigenvalue weighted by Gasteiger charge is -2.24. The molecule has 0 aliphatic rings. The Morgan fingerprint density at radius 2 is 1.81 bits per heavy atom. The van der Waals surface area contributed by atoms with Crippen LogP contribution in [0, 0.1) is 17.5 Å². The highest BCUT2D eigenvalue weighted by molar-refractivity contribution is 6.31. The summed E-state index contributed by atoms with van der Waals surface area (Å²) < 4.78 is 40.6. The number of hydrogen-bond acceptors (Lipinski definition) is 2. The first-order valence-corrected chi connectivity index (χ1v) is 6.60. The Bertz CT molecular complexity index is 631. The molecule has 2 aromatic rings. The monoisotopic (exact) mass is 315 g/mol. The Kier molecular flexibility index (Phi) is 4.88. The molecule has 0 aliphatic carbocycles. The van der Waals surface area contributed by atoms with Crippen molar-refractivity contribution in [2.75, 3.05) is 6.54 Å². The second kappa shape index (κ2) is 6.47. The van der Waals surface area contributed by atoms with Crippen LogP contribution >= 0.6 is 11.6 Å². The van der Waals surface area contributed by atoms with Gasteiger partial charge in [-0.15, -0.1) is 0 Å². The van der Waals surface area contributed by atoms with Gasteiger partial charge in [0, 0.05) is 29.1 Å². The number of halogens is 4. The van der Waals surface area contributed by atoms with Crippen LogP contribution in [0.25, 0.3) is 0 Å². The highest BCUT2D eigenvalue weighted by Crippen LogP contribution is 2.36. The summed E-state index contributed by atoms with van der Waals surface area (Å²) in [5, 5.41) is 10.3. The van der Waals surface area contributed by atoms with E-state index in [-0.39, 0.29) is 22.7 Å². The van der Waals surface area contributed by atoms with Gasteiger partial charge in [-0.1, -0.05) is 23.7 Å². The van der Waals surface area contributed by atoms with E-state index in [1.807, 2.05) is 0 Å². The Labute approximate surface area is 125 Å². The molecule has 3 N–H and O–H groups in total. The van der Waals surface area contributed by atoms with E-state index >= 15 is 0 Å². The maximum absolute atomic E-state index is 13.8. The summed E-state index contributed by atoms with van der Waals surface area (Å²) in [5.74, 6) is -3.25. The van der Waals surface area contributed by atoms with Crippen molar-refractivity contribution in [1.29, 1.82) is 0 Å². The average molecular weight is 316 g/mol. The van der Waals surface area contributed by atoms with Crippen molar-refractivity contribution >= 4 is 11.6 Å². The van der Waals surface area contributed by atoms with Crippen LogP contribution < -0.4 is 5.73 Å². The van der Waals surface area contributed by atoms with Crippen molar-refractivity contribution in [3.63, 3.8) is 0 Å². The van der Waals surface area contributed by atoms with Crippen molar-refractivity contribution in [3.05, 3.63) is 70.0 Å². The van der Waals surface area contributed by atoms with Crippen molar-refractivity contribution in [3.8, 4) is 0 Å².